The van der Waals surface area contributed by atoms with Gasteiger partial charge in [0.05, 0.1) is 0 Å². The number of tetrazole rings is 1. The summed E-state index contributed by atoms with van der Waals surface area (Å²) in [5.41, 5.74) is -0.0119. The second-order valence-corrected chi connectivity index (χ2v) is 12.2. The molecule has 0 aliphatic carbocycles. The molecule has 4 N–H and O–H groups in total. The Morgan fingerprint density at radius 1 is 1.30 bits per heavy atom. The number of aromatic nitrogens is 6. The average Bonchev–Trinajstić information content (AvgIpc) is 3.75. The van der Waals surface area contributed by atoms with Gasteiger partial charge in [-0.05, 0) is 16.0 Å². The van der Waals surface area contributed by atoms with Crippen molar-refractivity contribution >= 4 is 92.3 Å². The van der Waals surface area contributed by atoms with E-state index in [4.69, 9.17) is 4.84 Å². The summed E-state index contributed by atoms with van der Waals surface area (Å²) in [7, 11) is 1.65. The van der Waals surface area contributed by atoms with Crippen molar-refractivity contribution in [2.75, 3.05) is 28.7 Å². The highest BCUT2D eigenvalue weighted by molar-refractivity contribution is 8.01. The summed E-state index contributed by atoms with van der Waals surface area (Å²) in [6.07, 6.45) is 1.92. The minimum absolute atomic E-state index is 0.0100. The Hall–Kier alpha value is -4.41. The van der Waals surface area contributed by atoms with Crippen molar-refractivity contribution in [2.45, 2.75) is 16.6 Å². The zero-order valence-electron chi connectivity index (χ0n) is 21.7. The van der Waals surface area contributed by atoms with E-state index in [1.807, 2.05) is 0 Å². The van der Waals surface area contributed by atoms with Gasteiger partial charge in [0.25, 0.3) is 17.7 Å². The van der Waals surface area contributed by atoms with Crippen LogP contribution in [0.2, 0.25) is 0 Å². The third-order valence-electron chi connectivity index (χ3n) is 5.67. The molecule has 18 nitrogen and oxygen atoms in total. The first-order chi connectivity index (χ1) is 20.8. The van der Waals surface area contributed by atoms with Crippen LogP contribution in [0.1, 0.15) is 5.69 Å². The molecule has 1 saturated heterocycles. The molecular weight excluding hydrogens is 647 g/mol. The van der Waals surface area contributed by atoms with Crippen LogP contribution in [0, 0.1) is 0 Å². The number of hydrogen-bond donors (Lipinski definition) is 4. The van der Waals surface area contributed by atoms with Crippen LogP contribution in [0.15, 0.2) is 38.5 Å². The molecule has 43 heavy (non-hydrogen) atoms. The van der Waals surface area contributed by atoms with Gasteiger partial charge < -0.3 is 20.6 Å². The quantitative estimate of drug-likeness (QED) is 0.0597. The lowest BCUT2D eigenvalue weighted by atomic mass is 10.0. The average molecular weight is 666 g/mol. The predicted octanol–water partition coefficient (Wildman–Crippen LogP) is -0.418. The Labute approximate surface area is 257 Å². The van der Waals surface area contributed by atoms with Crippen LogP contribution in [0.25, 0.3) is 0 Å². The molecule has 0 bridgehead atoms. The normalized spacial score (nSPS) is 18.0. The van der Waals surface area contributed by atoms with Gasteiger partial charge in [-0.25, -0.2) is 19.4 Å². The lowest BCUT2D eigenvalue weighted by molar-refractivity contribution is -0.150. The maximum Gasteiger partial charge on any atom is 0.352 e. The highest BCUT2D eigenvalue weighted by Gasteiger charge is 2.54. The SMILES string of the molecule is Cn1nnnc1SCC1=C(C(=O)O)N2C(=O)C(NC(=O)C(=NOCC(=O)Nc3nccs3)c3csc(NC=O)n3)[C@H]2SC1. The van der Waals surface area contributed by atoms with Crippen molar-refractivity contribution in [3.05, 3.63) is 33.9 Å². The van der Waals surface area contributed by atoms with Crippen LogP contribution in [0.5, 0.6) is 0 Å². The van der Waals surface area contributed by atoms with E-state index < -0.39 is 41.7 Å². The van der Waals surface area contributed by atoms with Crippen molar-refractivity contribution in [3.8, 4) is 0 Å². The molecule has 0 radical (unpaired) electrons. The summed E-state index contributed by atoms with van der Waals surface area (Å²) in [5, 5.41) is 35.7. The van der Waals surface area contributed by atoms with Crippen molar-refractivity contribution < 1.29 is 33.9 Å². The number of β-lactam (4-membered cyclic amide) rings is 1. The molecule has 1 fully saturated rings. The van der Waals surface area contributed by atoms with Gasteiger partial charge in [0.15, 0.2) is 22.6 Å². The number of oxime groups is 1. The van der Waals surface area contributed by atoms with Gasteiger partial charge in [-0.1, -0.05) is 16.9 Å². The third kappa shape index (κ3) is 6.65. The molecule has 5 heterocycles. The van der Waals surface area contributed by atoms with E-state index in [1.165, 1.54) is 51.1 Å². The number of aryl methyl sites for hydroxylation is 1. The minimum atomic E-state index is -1.28. The summed E-state index contributed by atoms with van der Waals surface area (Å²) in [4.78, 5) is 75.9. The first kappa shape index (κ1) is 30.1. The number of carbonyl (C=O) groups is 5. The van der Waals surface area contributed by atoms with Crippen LogP contribution in [0.3, 0.4) is 0 Å². The van der Waals surface area contributed by atoms with Crippen LogP contribution < -0.4 is 16.0 Å². The molecule has 0 saturated carbocycles. The summed E-state index contributed by atoms with van der Waals surface area (Å²) in [6, 6.07) is -1.08. The Bertz CT molecular complexity index is 1620. The first-order valence-electron chi connectivity index (χ1n) is 11.9. The van der Waals surface area contributed by atoms with Crippen molar-refractivity contribution in [1.82, 2.24) is 40.4 Å². The highest BCUT2D eigenvalue weighted by Crippen LogP contribution is 2.41. The summed E-state index contributed by atoms with van der Waals surface area (Å²) < 4.78 is 1.45. The van der Waals surface area contributed by atoms with Gasteiger partial charge in [-0.15, -0.1) is 39.5 Å². The predicted molar refractivity (Wildman–Crippen MR) is 154 cm³/mol. The summed E-state index contributed by atoms with van der Waals surface area (Å²) in [6.45, 7) is -0.563. The maximum atomic E-state index is 13.3. The number of carboxylic acid groups (broad SMARTS) is 1. The van der Waals surface area contributed by atoms with Crippen molar-refractivity contribution in [3.63, 3.8) is 0 Å². The van der Waals surface area contributed by atoms with Crippen molar-refractivity contribution in [2.24, 2.45) is 12.2 Å². The molecule has 3 aromatic heterocycles. The Morgan fingerprint density at radius 3 is 2.84 bits per heavy atom. The number of anilines is 2. The van der Waals surface area contributed by atoms with E-state index in [-0.39, 0.29) is 33.7 Å². The Balaban J connectivity index is 1.29. The van der Waals surface area contributed by atoms with E-state index in [0.717, 1.165) is 16.2 Å². The second-order valence-electron chi connectivity index (χ2n) is 8.39. The minimum Gasteiger partial charge on any atom is -0.477 e. The van der Waals surface area contributed by atoms with Gasteiger partial charge in [-0.2, -0.15) is 0 Å². The number of aliphatic carboxylic acids is 1. The molecule has 0 aromatic carbocycles. The topological polar surface area (TPSA) is 236 Å². The van der Waals surface area contributed by atoms with E-state index in [2.05, 4.69) is 46.6 Å². The van der Waals surface area contributed by atoms with E-state index in [9.17, 15) is 29.1 Å². The number of nitrogens with one attached hydrogen (secondary N) is 3. The summed E-state index contributed by atoms with van der Waals surface area (Å²) >= 11 is 4.72. The number of nitrogens with zero attached hydrogens (tertiary/aromatic N) is 8. The van der Waals surface area contributed by atoms with Crippen LogP contribution in [-0.2, 0) is 35.9 Å². The number of thioether (sulfide) groups is 2. The van der Waals surface area contributed by atoms with Crippen LogP contribution in [0.4, 0.5) is 10.3 Å². The Kier molecular flexibility index (Phi) is 9.27. The molecule has 2 atom stereocenters. The smallest absolute Gasteiger partial charge is 0.352 e. The van der Waals surface area contributed by atoms with Gasteiger partial charge in [-0.3, -0.25) is 29.4 Å². The number of hydrogen-bond acceptors (Lipinski definition) is 16. The number of thiazole rings is 2. The lowest BCUT2D eigenvalue weighted by Crippen LogP contribution is -2.71. The van der Waals surface area contributed by atoms with Gasteiger partial charge >= 0.3 is 5.97 Å². The second kappa shape index (κ2) is 13.3. The molecule has 22 heteroatoms. The highest BCUT2D eigenvalue weighted by atomic mass is 32.2. The fourth-order valence-electron chi connectivity index (χ4n) is 3.80. The fraction of sp³-hybridized carbons (Fsp3) is 0.286. The number of fused-ring (bicyclic) bond motifs is 1. The maximum absolute atomic E-state index is 13.3. The van der Waals surface area contributed by atoms with E-state index in [1.54, 1.807) is 12.4 Å². The zero-order chi connectivity index (χ0) is 30.5. The molecule has 3 aromatic rings. The molecule has 1 unspecified atom stereocenters. The van der Waals surface area contributed by atoms with Crippen LogP contribution >= 0.6 is 46.2 Å². The molecule has 224 valence electrons. The van der Waals surface area contributed by atoms with Gasteiger partial charge in [0.1, 0.15) is 22.8 Å². The largest absolute Gasteiger partial charge is 0.477 e. The number of carbonyl (C=O) groups excluding carboxylic acids is 4. The molecule has 2 aliphatic heterocycles. The van der Waals surface area contributed by atoms with E-state index in [0.29, 0.717) is 22.3 Å². The van der Waals surface area contributed by atoms with E-state index >= 15 is 0 Å². The monoisotopic (exact) mass is 665 g/mol. The molecule has 2 aliphatic rings. The van der Waals surface area contributed by atoms with Gasteiger partial charge in [0.2, 0.25) is 11.6 Å². The number of rotatable bonds is 13. The zero-order valence-corrected chi connectivity index (χ0v) is 25.0. The third-order valence-corrected chi connectivity index (χ3v) is 9.57. The van der Waals surface area contributed by atoms with Crippen LogP contribution in [-0.4, -0.2) is 106 Å². The number of amides is 4. The molecular formula is C21H19N11O7S4. The van der Waals surface area contributed by atoms with Gasteiger partial charge in [0, 0.05) is 35.5 Å². The first-order valence-corrected chi connectivity index (χ1v) is 15.7. The summed E-state index contributed by atoms with van der Waals surface area (Å²) in [5.74, 6) is -2.83. The Morgan fingerprint density at radius 2 is 2.14 bits per heavy atom. The molecule has 4 amide bonds. The standard InChI is InChI=1S/C21H19N11O7S4/c1-31-21(27-29-30-31)43-6-9-5-41-17-13(16(36)32(17)14(9)18(37)38)26-15(35)12(10-7-42-20(24-10)23-8-33)28-39-4-11(34)25-19-22-2-3-40-19/h2-3,7-8,13,17H,4-6H2,1H3,(H,26,35)(H,37,38)(H,22,25,34)(H,23,24,33)/t13?,17-/m1/s1. The molecule has 0 spiro atoms. The molecule has 5 rings (SSSR count). The number of carboxylic acids is 1. The van der Waals surface area contributed by atoms with Crippen molar-refractivity contribution in [1.29, 1.82) is 0 Å². The fourth-order valence-corrected chi connectivity index (χ4v) is 7.33. The lowest BCUT2D eigenvalue weighted by Gasteiger charge is -2.49.